The summed E-state index contributed by atoms with van der Waals surface area (Å²) in [5, 5.41) is 12.1. The van der Waals surface area contributed by atoms with E-state index in [9.17, 15) is 4.79 Å². The summed E-state index contributed by atoms with van der Waals surface area (Å²) < 4.78 is 6.28. The van der Waals surface area contributed by atoms with Gasteiger partial charge in [0, 0.05) is 4.47 Å². The number of carbonyl (C=O) groups excluding carboxylic acids is 1. The molecule has 0 saturated carbocycles. The number of ether oxygens (including phenoxy) is 1. The Labute approximate surface area is 127 Å². The lowest BCUT2D eigenvalue weighted by Gasteiger charge is -2.37. The third kappa shape index (κ3) is 3.50. The monoisotopic (exact) mass is 342 g/mol. The Morgan fingerprint density at radius 3 is 3.05 bits per heavy atom. The number of hydrogen-bond acceptors (Lipinski definition) is 3. The molecule has 0 aromatic heterocycles. The molecule has 1 aromatic rings. The van der Waals surface area contributed by atoms with Gasteiger partial charge in [-0.1, -0.05) is 6.07 Å². The van der Waals surface area contributed by atoms with Crippen LogP contribution in [0.25, 0.3) is 0 Å². The molecule has 1 heterocycles. The molecule has 2 amide bonds. The van der Waals surface area contributed by atoms with Gasteiger partial charge in [-0.15, -0.1) is 0 Å². The van der Waals surface area contributed by atoms with Crippen LogP contribution in [0.2, 0.25) is 0 Å². The van der Waals surface area contributed by atoms with E-state index >= 15 is 0 Å². The van der Waals surface area contributed by atoms with Crippen LogP contribution in [0.3, 0.4) is 0 Å². The molecular formula is C14H19BrN2O3. The lowest BCUT2D eigenvalue weighted by molar-refractivity contribution is -0.0611. The molecule has 1 aliphatic heterocycles. The van der Waals surface area contributed by atoms with Gasteiger partial charge in [-0.25, -0.2) is 4.79 Å². The minimum Gasteiger partial charge on any atom is -0.394 e. The number of anilines is 1. The van der Waals surface area contributed by atoms with Gasteiger partial charge >= 0.3 is 6.03 Å². The highest BCUT2D eigenvalue weighted by Crippen LogP contribution is 2.24. The molecule has 110 valence electrons. The molecule has 1 aromatic carbocycles. The van der Waals surface area contributed by atoms with Crippen molar-refractivity contribution >= 4 is 27.6 Å². The Morgan fingerprint density at radius 2 is 2.35 bits per heavy atom. The fourth-order valence-corrected chi connectivity index (χ4v) is 2.48. The zero-order valence-corrected chi connectivity index (χ0v) is 13.2. The molecular weight excluding hydrogens is 324 g/mol. The number of aliphatic hydroxyl groups is 1. The average Bonchev–Trinajstić information content (AvgIpc) is 2.43. The predicted octanol–water partition coefficient (Wildman–Crippen LogP) is 2.37. The molecule has 0 aliphatic carbocycles. The molecule has 20 heavy (non-hydrogen) atoms. The summed E-state index contributed by atoms with van der Waals surface area (Å²) in [5.74, 6) is 0. The number of hydrogen-bond donors (Lipinski definition) is 2. The smallest absolute Gasteiger partial charge is 0.322 e. The van der Waals surface area contributed by atoms with Crippen molar-refractivity contribution in [1.82, 2.24) is 4.90 Å². The highest BCUT2D eigenvalue weighted by molar-refractivity contribution is 9.10. The maximum absolute atomic E-state index is 12.4. The second-order valence-corrected chi connectivity index (χ2v) is 5.91. The second kappa shape index (κ2) is 6.56. The maximum atomic E-state index is 12.4. The topological polar surface area (TPSA) is 61.8 Å². The molecule has 1 fully saturated rings. The minimum atomic E-state index is -0.307. The number of carbonyl (C=O) groups is 1. The van der Waals surface area contributed by atoms with Crippen LogP contribution in [-0.4, -0.2) is 47.9 Å². The van der Waals surface area contributed by atoms with Crippen molar-refractivity contribution in [2.24, 2.45) is 0 Å². The quantitative estimate of drug-likeness (QED) is 0.867. The zero-order valence-electron chi connectivity index (χ0n) is 11.6. The number of rotatable bonds is 2. The highest BCUT2D eigenvalue weighted by atomic mass is 79.9. The minimum absolute atomic E-state index is 0.0126. The molecule has 2 rings (SSSR count). The Kier molecular flexibility index (Phi) is 5.01. The zero-order chi connectivity index (χ0) is 14.7. The Bertz CT molecular complexity index is 495. The van der Waals surface area contributed by atoms with E-state index in [1.165, 1.54) is 0 Å². The fourth-order valence-electron chi connectivity index (χ4n) is 2.13. The summed E-state index contributed by atoms with van der Waals surface area (Å²) in [5.41, 5.74) is 1.82. The maximum Gasteiger partial charge on any atom is 0.322 e. The van der Waals surface area contributed by atoms with E-state index in [-0.39, 0.29) is 24.8 Å². The van der Waals surface area contributed by atoms with Crippen molar-refractivity contribution in [1.29, 1.82) is 0 Å². The van der Waals surface area contributed by atoms with E-state index < -0.39 is 0 Å². The molecule has 0 spiro atoms. The van der Waals surface area contributed by atoms with Gasteiger partial charge < -0.3 is 20.1 Å². The molecule has 0 radical (unpaired) electrons. The van der Waals surface area contributed by atoms with Crippen molar-refractivity contribution in [3.8, 4) is 0 Å². The van der Waals surface area contributed by atoms with Gasteiger partial charge in [0.25, 0.3) is 0 Å². The van der Waals surface area contributed by atoms with Gasteiger partial charge in [0.1, 0.15) is 0 Å². The lowest BCUT2D eigenvalue weighted by Crippen LogP contribution is -2.53. The first-order valence-electron chi connectivity index (χ1n) is 6.57. The number of aryl methyl sites for hydroxylation is 1. The number of benzene rings is 1. The average molecular weight is 343 g/mol. The van der Waals surface area contributed by atoms with Crippen molar-refractivity contribution in [2.45, 2.75) is 26.0 Å². The summed E-state index contributed by atoms with van der Waals surface area (Å²) >= 11 is 3.43. The van der Waals surface area contributed by atoms with Crippen LogP contribution in [0, 0.1) is 6.92 Å². The molecule has 6 heteroatoms. The van der Waals surface area contributed by atoms with Gasteiger partial charge in [0.2, 0.25) is 0 Å². The fraction of sp³-hybridized carbons (Fsp3) is 0.500. The molecule has 2 atom stereocenters. The number of nitrogens with one attached hydrogen (secondary N) is 1. The molecule has 5 nitrogen and oxygen atoms in total. The van der Waals surface area contributed by atoms with Gasteiger partial charge in [-0.3, -0.25) is 0 Å². The number of halogens is 1. The molecule has 1 saturated heterocycles. The third-order valence-corrected chi connectivity index (χ3v) is 4.02. The van der Waals surface area contributed by atoms with Crippen LogP contribution < -0.4 is 5.32 Å². The van der Waals surface area contributed by atoms with E-state index in [4.69, 9.17) is 9.84 Å². The lowest BCUT2D eigenvalue weighted by atomic mass is 10.2. The van der Waals surface area contributed by atoms with Gasteiger partial charge in [-0.2, -0.15) is 0 Å². The van der Waals surface area contributed by atoms with E-state index in [1.54, 1.807) is 4.90 Å². The highest BCUT2D eigenvalue weighted by Gasteiger charge is 2.29. The van der Waals surface area contributed by atoms with Crippen LogP contribution in [0.4, 0.5) is 10.5 Å². The van der Waals surface area contributed by atoms with Crippen molar-refractivity contribution in [3.05, 3.63) is 28.2 Å². The number of nitrogens with zero attached hydrogens (tertiary/aromatic N) is 1. The van der Waals surface area contributed by atoms with Crippen LogP contribution in [0.5, 0.6) is 0 Å². The Morgan fingerprint density at radius 1 is 1.60 bits per heavy atom. The Hall–Kier alpha value is -1.11. The van der Waals surface area contributed by atoms with Crippen LogP contribution in [-0.2, 0) is 4.74 Å². The first kappa shape index (κ1) is 15.3. The predicted molar refractivity (Wildman–Crippen MR) is 80.9 cm³/mol. The molecule has 1 aliphatic rings. The molecule has 2 unspecified atom stereocenters. The first-order valence-corrected chi connectivity index (χ1v) is 7.36. The first-order chi connectivity index (χ1) is 9.51. The van der Waals surface area contributed by atoms with E-state index in [0.29, 0.717) is 13.2 Å². The van der Waals surface area contributed by atoms with Gasteiger partial charge in [0.05, 0.1) is 37.6 Å². The summed E-state index contributed by atoms with van der Waals surface area (Å²) in [6, 6.07) is 5.60. The van der Waals surface area contributed by atoms with E-state index in [2.05, 4.69) is 21.2 Å². The third-order valence-electron chi connectivity index (χ3n) is 3.33. The van der Waals surface area contributed by atoms with Crippen molar-refractivity contribution in [2.75, 3.05) is 25.1 Å². The SMILES string of the molecule is Cc1ccc(Br)c(NC(=O)N2CC(CO)OCC2C)c1. The largest absolute Gasteiger partial charge is 0.394 e. The summed E-state index contributed by atoms with van der Waals surface area (Å²) in [4.78, 5) is 14.1. The van der Waals surface area contributed by atoms with E-state index in [0.717, 1.165) is 15.7 Å². The molecule has 0 bridgehead atoms. The summed E-state index contributed by atoms with van der Waals surface area (Å²) in [6.45, 7) is 4.66. The van der Waals surface area contributed by atoms with Crippen LogP contribution >= 0.6 is 15.9 Å². The van der Waals surface area contributed by atoms with E-state index in [1.807, 2.05) is 32.0 Å². The van der Waals surface area contributed by atoms with Crippen LogP contribution in [0.1, 0.15) is 12.5 Å². The van der Waals surface area contributed by atoms with Gasteiger partial charge in [-0.05, 0) is 47.5 Å². The normalized spacial score (nSPS) is 22.7. The van der Waals surface area contributed by atoms with Gasteiger partial charge in [0.15, 0.2) is 0 Å². The summed E-state index contributed by atoms with van der Waals surface area (Å²) in [7, 11) is 0. The van der Waals surface area contributed by atoms with Crippen molar-refractivity contribution in [3.63, 3.8) is 0 Å². The van der Waals surface area contributed by atoms with Crippen molar-refractivity contribution < 1.29 is 14.6 Å². The Balaban J connectivity index is 2.08. The molecule has 2 N–H and O–H groups in total. The number of morpholine rings is 1. The second-order valence-electron chi connectivity index (χ2n) is 5.05. The van der Waals surface area contributed by atoms with Crippen LogP contribution in [0.15, 0.2) is 22.7 Å². The standard InChI is InChI=1S/C14H19BrN2O3/c1-9-3-4-12(15)13(5-9)16-14(19)17-6-11(7-18)20-8-10(17)2/h3-5,10-11,18H,6-8H2,1-2H3,(H,16,19). The number of aliphatic hydroxyl groups excluding tert-OH is 1. The number of amides is 2. The summed E-state index contributed by atoms with van der Waals surface area (Å²) in [6.07, 6.45) is -0.307. The number of urea groups is 1.